The van der Waals surface area contributed by atoms with Crippen molar-refractivity contribution in [1.82, 2.24) is 9.97 Å². The second kappa shape index (κ2) is 5.33. The molecular formula is C13H19N3O2. The monoisotopic (exact) mass is 249 g/mol. The smallest absolute Gasteiger partial charge is 0.341 e. The van der Waals surface area contributed by atoms with Gasteiger partial charge in [0.15, 0.2) is 0 Å². The van der Waals surface area contributed by atoms with Crippen LogP contribution < -0.4 is 5.32 Å². The van der Waals surface area contributed by atoms with Gasteiger partial charge in [-0.3, -0.25) is 0 Å². The number of nitrogens with one attached hydrogen (secondary N) is 1. The zero-order valence-electron chi connectivity index (χ0n) is 11.1. The van der Waals surface area contributed by atoms with Crippen LogP contribution in [0.5, 0.6) is 0 Å². The largest absolute Gasteiger partial charge is 0.462 e. The zero-order chi connectivity index (χ0) is 13.1. The molecule has 1 heterocycles. The lowest BCUT2D eigenvalue weighted by Gasteiger charge is -2.12. The number of carbonyl (C=O) groups excluding carboxylic acids is 1. The van der Waals surface area contributed by atoms with Gasteiger partial charge in [0.05, 0.1) is 17.9 Å². The highest BCUT2D eigenvalue weighted by Gasteiger charge is 2.23. The molecule has 0 saturated heterocycles. The number of aromatic nitrogens is 2. The van der Waals surface area contributed by atoms with Crippen molar-refractivity contribution in [3.8, 4) is 0 Å². The predicted octanol–water partition coefficient (Wildman–Crippen LogP) is 2.35. The molecule has 1 saturated carbocycles. The Morgan fingerprint density at radius 3 is 2.83 bits per heavy atom. The fourth-order valence-electron chi connectivity index (χ4n) is 1.68. The lowest BCUT2D eigenvalue weighted by atomic mass is 10.1. The van der Waals surface area contributed by atoms with E-state index in [1.54, 1.807) is 13.1 Å². The van der Waals surface area contributed by atoms with Crippen LogP contribution in [0.1, 0.15) is 55.6 Å². The molecule has 0 aliphatic heterocycles. The first kappa shape index (κ1) is 12.8. The van der Waals surface area contributed by atoms with E-state index in [1.807, 2.05) is 13.8 Å². The molecule has 0 aromatic carbocycles. The number of rotatable bonds is 5. The highest BCUT2D eigenvalue weighted by molar-refractivity contribution is 5.90. The van der Waals surface area contributed by atoms with Gasteiger partial charge in [0.25, 0.3) is 0 Å². The van der Waals surface area contributed by atoms with Gasteiger partial charge < -0.3 is 10.1 Å². The number of anilines is 1. The molecule has 0 amide bonds. The Bertz CT molecular complexity index is 442. The Balaban J connectivity index is 2.24. The summed E-state index contributed by atoms with van der Waals surface area (Å²) in [5.74, 6) is 0.417. The van der Waals surface area contributed by atoms with E-state index in [0.29, 0.717) is 24.2 Å². The van der Waals surface area contributed by atoms with E-state index in [4.69, 9.17) is 4.74 Å². The molecule has 5 heteroatoms. The van der Waals surface area contributed by atoms with Crippen LogP contribution in [0.4, 0.5) is 5.95 Å². The Labute approximate surface area is 107 Å². The average Bonchev–Trinajstić information content (AvgIpc) is 3.13. The highest BCUT2D eigenvalue weighted by Crippen LogP contribution is 2.24. The molecule has 1 fully saturated rings. The first-order valence-electron chi connectivity index (χ1n) is 6.42. The molecule has 2 rings (SSSR count). The normalized spacial score (nSPS) is 14.7. The predicted molar refractivity (Wildman–Crippen MR) is 68.7 cm³/mol. The van der Waals surface area contributed by atoms with Crippen LogP contribution in [0.15, 0.2) is 6.20 Å². The molecule has 0 bridgehead atoms. The zero-order valence-corrected chi connectivity index (χ0v) is 11.1. The van der Waals surface area contributed by atoms with E-state index >= 15 is 0 Å². The third kappa shape index (κ3) is 2.97. The van der Waals surface area contributed by atoms with Crippen LogP contribution in [0.2, 0.25) is 0 Å². The molecule has 1 N–H and O–H groups in total. The molecule has 0 spiro atoms. The highest BCUT2D eigenvalue weighted by atomic mass is 16.5. The maximum Gasteiger partial charge on any atom is 0.341 e. The second-order valence-corrected chi connectivity index (χ2v) is 4.79. The van der Waals surface area contributed by atoms with Crippen molar-refractivity contribution in [2.45, 2.75) is 45.6 Å². The van der Waals surface area contributed by atoms with E-state index in [0.717, 1.165) is 5.69 Å². The summed E-state index contributed by atoms with van der Waals surface area (Å²) < 4.78 is 5.01. The summed E-state index contributed by atoms with van der Waals surface area (Å²) >= 11 is 0. The maximum absolute atomic E-state index is 11.8. The van der Waals surface area contributed by atoms with E-state index in [9.17, 15) is 4.79 Å². The van der Waals surface area contributed by atoms with Crippen LogP contribution in [-0.4, -0.2) is 28.6 Å². The van der Waals surface area contributed by atoms with Crippen LogP contribution in [-0.2, 0) is 4.74 Å². The van der Waals surface area contributed by atoms with Crippen molar-refractivity contribution in [3.63, 3.8) is 0 Å². The molecule has 18 heavy (non-hydrogen) atoms. The Kier molecular flexibility index (Phi) is 3.79. The number of nitrogens with zero attached hydrogens (tertiary/aromatic N) is 2. The van der Waals surface area contributed by atoms with Gasteiger partial charge in [-0.15, -0.1) is 0 Å². The third-order valence-electron chi connectivity index (χ3n) is 2.77. The van der Waals surface area contributed by atoms with Crippen LogP contribution in [0.25, 0.3) is 0 Å². The first-order chi connectivity index (χ1) is 8.61. The van der Waals surface area contributed by atoms with Gasteiger partial charge in [0, 0.05) is 12.2 Å². The summed E-state index contributed by atoms with van der Waals surface area (Å²) in [5, 5.41) is 3.23. The number of hydrogen-bond donors (Lipinski definition) is 1. The van der Waals surface area contributed by atoms with E-state index in [2.05, 4.69) is 15.3 Å². The van der Waals surface area contributed by atoms with Gasteiger partial charge in [-0.05, 0) is 25.7 Å². The SMILES string of the molecule is CCOC(=O)c1cnc(NC2CC2)nc1C(C)C. The van der Waals surface area contributed by atoms with Gasteiger partial charge in [0.1, 0.15) is 0 Å². The van der Waals surface area contributed by atoms with Gasteiger partial charge in [-0.25, -0.2) is 14.8 Å². The summed E-state index contributed by atoms with van der Waals surface area (Å²) in [5.41, 5.74) is 1.21. The minimum atomic E-state index is -0.348. The molecule has 1 aromatic heterocycles. The minimum Gasteiger partial charge on any atom is -0.462 e. The minimum absolute atomic E-state index is 0.159. The van der Waals surface area contributed by atoms with Crippen LogP contribution in [0, 0.1) is 0 Å². The first-order valence-corrected chi connectivity index (χ1v) is 6.42. The van der Waals surface area contributed by atoms with Gasteiger partial charge in [-0.1, -0.05) is 13.8 Å². The van der Waals surface area contributed by atoms with E-state index < -0.39 is 0 Å². The van der Waals surface area contributed by atoms with Crippen molar-refractivity contribution < 1.29 is 9.53 Å². The van der Waals surface area contributed by atoms with Crippen LogP contribution in [0.3, 0.4) is 0 Å². The maximum atomic E-state index is 11.8. The van der Waals surface area contributed by atoms with Crippen molar-refractivity contribution >= 4 is 11.9 Å². The standard InChI is InChI=1S/C13H19N3O2/c1-4-18-12(17)10-7-14-13(15-9-5-6-9)16-11(10)8(2)3/h7-9H,4-6H2,1-3H3,(H,14,15,16). The Hall–Kier alpha value is -1.65. The quantitative estimate of drug-likeness (QED) is 0.811. The molecule has 1 aliphatic rings. The fourth-order valence-corrected chi connectivity index (χ4v) is 1.68. The molecule has 0 unspecified atom stereocenters. The molecule has 98 valence electrons. The molecular weight excluding hydrogens is 230 g/mol. The van der Waals surface area contributed by atoms with Crippen molar-refractivity contribution in [1.29, 1.82) is 0 Å². The number of esters is 1. The topological polar surface area (TPSA) is 64.1 Å². The summed E-state index contributed by atoms with van der Waals surface area (Å²) in [4.78, 5) is 20.4. The van der Waals surface area contributed by atoms with Crippen molar-refractivity contribution in [2.24, 2.45) is 0 Å². The van der Waals surface area contributed by atoms with Crippen molar-refractivity contribution in [3.05, 3.63) is 17.5 Å². The number of hydrogen-bond acceptors (Lipinski definition) is 5. The summed E-state index contributed by atoms with van der Waals surface area (Å²) in [6.45, 7) is 6.16. The fraction of sp³-hybridized carbons (Fsp3) is 0.615. The molecule has 1 aliphatic carbocycles. The lowest BCUT2D eigenvalue weighted by Crippen LogP contribution is -2.14. The van der Waals surface area contributed by atoms with Gasteiger partial charge >= 0.3 is 5.97 Å². The van der Waals surface area contributed by atoms with E-state index in [1.165, 1.54) is 12.8 Å². The Morgan fingerprint density at radius 2 is 2.28 bits per heavy atom. The van der Waals surface area contributed by atoms with Crippen molar-refractivity contribution in [2.75, 3.05) is 11.9 Å². The van der Waals surface area contributed by atoms with Crippen LogP contribution >= 0.6 is 0 Å². The second-order valence-electron chi connectivity index (χ2n) is 4.79. The molecule has 0 atom stereocenters. The Morgan fingerprint density at radius 1 is 1.56 bits per heavy atom. The van der Waals surface area contributed by atoms with Gasteiger partial charge in [0.2, 0.25) is 5.95 Å². The number of carbonyl (C=O) groups is 1. The van der Waals surface area contributed by atoms with Gasteiger partial charge in [-0.2, -0.15) is 0 Å². The summed E-state index contributed by atoms with van der Waals surface area (Å²) in [7, 11) is 0. The number of ether oxygens (including phenoxy) is 1. The summed E-state index contributed by atoms with van der Waals surface area (Å²) in [6.07, 6.45) is 3.89. The molecule has 0 radical (unpaired) electrons. The molecule has 1 aromatic rings. The van der Waals surface area contributed by atoms with E-state index in [-0.39, 0.29) is 11.9 Å². The summed E-state index contributed by atoms with van der Waals surface area (Å²) in [6, 6.07) is 0.499. The molecule has 5 nitrogen and oxygen atoms in total. The average molecular weight is 249 g/mol. The lowest BCUT2D eigenvalue weighted by molar-refractivity contribution is 0.0523. The third-order valence-corrected chi connectivity index (χ3v) is 2.77.